The van der Waals surface area contributed by atoms with E-state index >= 15 is 0 Å². The van der Waals surface area contributed by atoms with Gasteiger partial charge in [0.05, 0.1) is 13.2 Å². The molecule has 0 spiro atoms. The van der Waals surface area contributed by atoms with E-state index in [0.29, 0.717) is 18.6 Å². The molecule has 1 N–H and O–H groups in total. The molecular formula is C14H18FNO2. The lowest BCUT2D eigenvalue weighted by Gasteiger charge is -2.36. The third-order valence-corrected chi connectivity index (χ3v) is 3.32. The van der Waals surface area contributed by atoms with Crippen molar-refractivity contribution in [1.29, 1.82) is 0 Å². The van der Waals surface area contributed by atoms with Crippen molar-refractivity contribution in [3.05, 3.63) is 35.6 Å². The maximum absolute atomic E-state index is 12.8. The molecule has 0 atom stereocenters. The molecule has 0 radical (unpaired) electrons. The molecular weight excluding hydrogens is 233 g/mol. The van der Waals surface area contributed by atoms with Gasteiger partial charge in [-0.3, -0.25) is 4.79 Å². The maximum Gasteiger partial charge on any atom is 0.319 e. The summed E-state index contributed by atoms with van der Waals surface area (Å²) in [4.78, 5) is 11.2. The predicted octanol–water partition coefficient (Wildman–Crippen LogP) is 2.22. The molecule has 3 nitrogen and oxygen atoms in total. The highest BCUT2D eigenvalue weighted by Gasteiger charge is 2.30. The number of hydrogen-bond donors (Lipinski definition) is 1. The van der Waals surface area contributed by atoms with Gasteiger partial charge < -0.3 is 10.1 Å². The highest BCUT2D eigenvalue weighted by molar-refractivity contribution is 5.71. The number of carbonyl (C=O) groups excluding carboxylic acids is 1. The minimum Gasteiger partial charge on any atom is -0.465 e. The van der Waals surface area contributed by atoms with Crippen LogP contribution in [0.25, 0.3) is 0 Å². The van der Waals surface area contributed by atoms with Gasteiger partial charge >= 0.3 is 5.97 Å². The summed E-state index contributed by atoms with van der Waals surface area (Å²) in [6, 6.07) is 7.02. The second-order valence-electron chi connectivity index (χ2n) is 4.60. The molecule has 1 saturated carbocycles. The first kappa shape index (κ1) is 13.0. The van der Waals surface area contributed by atoms with E-state index in [1.165, 1.54) is 17.7 Å². The van der Waals surface area contributed by atoms with Crippen molar-refractivity contribution in [2.24, 2.45) is 0 Å². The topological polar surface area (TPSA) is 38.3 Å². The molecule has 0 heterocycles. The molecule has 1 aliphatic rings. The summed E-state index contributed by atoms with van der Waals surface area (Å²) < 4.78 is 17.6. The molecule has 0 amide bonds. The van der Waals surface area contributed by atoms with Gasteiger partial charge in [0, 0.05) is 6.04 Å². The molecule has 1 aromatic rings. The van der Waals surface area contributed by atoms with E-state index in [1.807, 2.05) is 12.1 Å². The number of ether oxygens (including phenoxy) is 1. The lowest BCUT2D eigenvalue weighted by Crippen LogP contribution is -2.42. The van der Waals surface area contributed by atoms with E-state index in [0.717, 1.165) is 12.8 Å². The van der Waals surface area contributed by atoms with Crippen LogP contribution in [0, 0.1) is 5.82 Å². The van der Waals surface area contributed by atoms with E-state index in [-0.39, 0.29) is 18.3 Å². The standard InChI is InChI=1S/C14H18FNO2/c1-2-18-14(17)9-16-13-7-11(8-13)10-3-5-12(15)6-4-10/h3-6,11,13,16H,2,7-9H2,1H3. The maximum atomic E-state index is 12.8. The number of carbonyl (C=O) groups is 1. The van der Waals surface area contributed by atoms with Gasteiger partial charge in [0.15, 0.2) is 0 Å². The first-order valence-corrected chi connectivity index (χ1v) is 6.33. The average Bonchev–Trinajstić information content (AvgIpc) is 2.29. The number of halogens is 1. The Kier molecular flexibility index (Phi) is 4.31. The van der Waals surface area contributed by atoms with E-state index in [2.05, 4.69) is 5.32 Å². The molecule has 98 valence electrons. The summed E-state index contributed by atoms with van der Waals surface area (Å²) in [6.45, 7) is 2.49. The van der Waals surface area contributed by atoms with Crippen molar-refractivity contribution in [2.75, 3.05) is 13.2 Å². The third-order valence-electron chi connectivity index (χ3n) is 3.32. The van der Waals surface area contributed by atoms with Crippen LogP contribution < -0.4 is 5.32 Å². The van der Waals surface area contributed by atoms with E-state index in [4.69, 9.17) is 4.74 Å². The Balaban J connectivity index is 1.70. The Morgan fingerprint density at radius 1 is 1.39 bits per heavy atom. The van der Waals surface area contributed by atoms with Crippen LogP contribution in [0.1, 0.15) is 31.2 Å². The van der Waals surface area contributed by atoms with Crippen molar-refractivity contribution >= 4 is 5.97 Å². The lowest BCUT2D eigenvalue weighted by molar-refractivity contribution is -0.142. The molecule has 2 rings (SSSR count). The fraction of sp³-hybridized carbons (Fsp3) is 0.500. The minimum absolute atomic E-state index is 0.199. The third kappa shape index (κ3) is 3.29. The number of hydrogen-bond acceptors (Lipinski definition) is 3. The Morgan fingerprint density at radius 3 is 2.67 bits per heavy atom. The Morgan fingerprint density at radius 2 is 2.06 bits per heavy atom. The van der Waals surface area contributed by atoms with Crippen molar-refractivity contribution in [3.63, 3.8) is 0 Å². The Labute approximate surface area is 106 Å². The van der Waals surface area contributed by atoms with E-state index < -0.39 is 0 Å². The van der Waals surface area contributed by atoms with Gasteiger partial charge in [-0.1, -0.05) is 12.1 Å². The smallest absolute Gasteiger partial charge is 0.319 e. The van der Waals surface area contributed by atoms with Crippen LogP contribution in [0.5, 0.6) is 0 Å². The molecule has 0 saturated heterocycles. The monoisotopic (exact) mass is 251 g/mol. The largest absolute Gasteiger partial charge is 0.465 e. The minimum atomic E-state index is -0.206. The predicted molar refractivity (Wildman–Crippen MR) is 66.8 cm³/mol. The summed E-state index contributed by atoms with van der Waals surface area (Å²) in [5.74, 6) is 0.0723. The summed E-state index contributed by atoms with van der Waals surface area (Å²) in [5, 5.41) is 3.17. The SMILES string of the molecule is CCOC(=O)CNC1CC(c2ccc(F)cc2)C1. The van der Waals surface area contributed by atoms with Crippen molar-refractivity contribution in [3.8, 4) is 0 Å². The normalized spacial score (nSPS) is 22.3. The molecule has 18 heavy (non-hydrogen) atoms. The summed E-state index contributed by atoms with van der Waals surface area (Å²) in [5.41, 5.74) is 1.17. The Hall–Kier alpha value is -1.42. The van der Waals surface area contributed by atoms with Crippen molar-refractivity contribution in [1.82, 2.24) is 5.32 Å². The average molecular weight is 251 g/mol. The van der Waals surface area contributed by atoms with Gasteiger partial charge in [0.1, 0.15) is 5.82 Å². The zero-order valence-corrected chi connectivity index (χ0v) is 10.5. The highest BCUT2D eigenvalue weighted by Crippen LogP contribution is 2.36. The summed E-state index contributed by atoms with van der Waals surface area (Å²) in [6.07, 6.45) is 1.98. The zero-order chi connectivity index (χ0) is 13.0. The molecule has 4 heteroatoms. The van der Waals surface area contributed by atoms with Crippen LogP contribution in [0.4, 0.5) is 4.39 Å². The molecule has 1 fully saturated rings. The van der Waals surface area contributed by atoms with Crippen LogP contribution in [0.3, 0.4) is 0 Å². The number of rotatable bonds is 5. The van der Waals surface area contributed by atoms with Gasteiger partial charge in [0.25, 0.3) is 0 Å². The van der Waals surface area contributed by atoms with Gasteiger partial charge in [-0.05, 0) is 43.4 Å². The second-order valence-corrected chi connectivity index (χ2v) is 4.60. The van der Waals surface area contributed by atoms with E-state index in [9.17, 15) is 9.18 Å². The van der Waals surface area contributed by atoms with Crippen LogP contribution in [-0.4, -0.2) is 25.2 Å². The molecule has 1 aromatic carbocycles. The lowest BCUT2D eigenvalue weighted by atomic mass is 9.76. The first-order chi connectivity index (χ1) is 8.69. The van der Waals surface area contributed by atoms with E-state index in [1.54, 1.807) is 6.92 Å². The molecule has 0 aromatic heterocycles. The van der Waals surface area contributed by atoms with Crippen LogP contribution in [-0.2, 0) is 9.53 Å². The van der Waals surface area contributed by atoms with Crippen LogP contribution >= 0.6 is 0 Å². The van der Waals surface area contributed by atoms with Gasteiger partial charge in [-0.15, -0.1) is 0 Å². The summed E-state index contributed by atoms with van der Waals surface area (Å²) >= 11 is 0. The fourth-order valence-corrected chi connectivity index (χ4v) is 2.23. The number of nitrogens with one attached hydrogen (secondary N) is 1. The van der Waals surface area contributed by atoms with Gasteiger partial charge in [-0.25, -0.2) is 4.39 Å². The van der Waals surface area contributed by atoms with Crippen molar-refractivity contribution < 1.29 is 13.9 Å². The number of esters is 1. The molecule has 0 bridgehead atoms. The molecule has 0 unspecified atom stereocenters. The van der Waals surface area contributed by atoms with Crippen LogP contribution in [0.2, 0.25) is 0 Å². The first-order valence-electron chi connectivity index (χ1n) is 6.33. The zero-order valence-electron chi connectivity index (χ0n) is 10.5. The van der Waals surface area contributed by atoms with Crippen LogP contribution in [0.15, 0.2) is 24.3 Å². The van der Waals surface area contributed by atoms with Gasteiger partial charge in [-0.2, -0.15) is 0 Å². The molecule has 1 aliphatic carbocycles. The highest BCUT2D eigenvalue weighted by atomic mass is 19.1. The van der Waals surface area contributed by atoms with Crippen molar-refractivity contribution in [2.45, 2.75) is 31.7 Å². The van der Waals surface area contributed by atoms with Gasteiger partial charge in [0.2, 0.25) is 0 Å². The number of benzene rings is 1. The quantitative estimate of drug-likeness (QED) is 0.815. The Bertz CT molecular complexity index is 399. The summed E-state index contributed by atoms with van der Waals surface area (Å²) in [7, 11) is 0. The molecule has 0 aliphatic heterocycles. The second kappa shape index (κ2) is 5.96. The fourth-order valence-electron chi connectivity index (χ4n) is 2.23.